The summed E-state index contributed by atoms with van der Waals surface area (Å²) >= 11 is 1.70. The van der Waals surface area contributed by atoms with Crippen LogP contribution in [0.2, 0.25) is 0 Å². The van der Waals surface area contributed by atoms with Crippen LogP contribution in [0.1, 0.15) is 5.82 Å². The highest BCUT2D eigenvalue weighted by atomic mass is 32.2. The summed E-state index contributed by atoms with van der Waals surface area (Å²) in [5.74, 6) is 0.200. The van der Waals surface area contributed by atoms with Gasteiger partial charge in [-0.2, -0.15) is 5.26 Å². The molecule has 0 aliphatic carbocycles. The molecule has 0 unspecified atom stereocenters. The molecular formula is C12H9N3S. The van der Waals surface area contributed by atoms with Crippen LogP contribution in [0.4, 0.5) is 0 Å². The summed E-state index contributed by atoms with van der Waals surface area (Å²) in [6, 6.07) is 11.8. The molecule has 4 heteroatoms. The molecule has 0 atom stereocenters. The minimum Gasteiger partial charge on any atom is -0.227 e. The van der Waals surface area contributed by atoms with E-state index in [0.717, 1.165) is 11.3 Å². The van der Waals surface area contributed by atoms with Crippen LogP contribution < -0.4 is 0 Å². The molecule has 2 aromatic rings. The van der Waals surface area contributed by atoms with Gasteiger partial charge in [-0.3, -0.25) is 0 Å². The molecule has 0 radical (unpaired) electrons. The maximum atomic E-state index is 8.71. The van der Waals surface area contributed by atoms with E-state index in [0.29, 0.717) is 0 Å². The van der Waals surface area contributed by atoms with E-state index in [1.807, 2.05) is 36.6 Å². The summed E-state index contributed by atoms with van der Waals surface area (Å²) in [6.07, 6.45) is 3.64. The monoisotopic (exact) mass is 227 g/mol. The van der Waals surface area contributed by atoms with Crippen molar-refractivity contribution in [3.63, 3.8) is 0 Å². The molecule has 0 spiro atoms. The van der Waals surface area contributed by atoms with E-state index < -0.39 is 0 Å². The number of nitrogens with zero attached hydrogens (tertiary/aromatic N) is 3. The number of nitriles is 1. The Hall–Kier alpha value is -1.86. The lowest BCUT2D eigenvalue weighted by atomic mass is 10.1. The lowest BCUT2D eigenvalue weighted by Crippen LogP contribution is -1.90. The lowest BCUT2D eigenvalue weighted by Gasteiger charge is -2.01. The number of rotatable bonds is 2. The second-order valence-corrected chi connectivity index (χ2v) is 3.99. The SMILES string of the molecule is CSc1ccc(-c2ccnc(C#N)n2)cc1. The van der Waals surface area contributed by atoms with Crippen LogP contribution in [0.15, 0.2) is 41.4 Å². The third kappa shape index (κ3) is 2.20. The summed E-state index contributed by atoms with van der Waals surface area (Å²) in [5, 5.41) is 8.71. The molecule has 1 aromatic carbocycles. The summed E-state index contributed by atoms with van der Waals surface area (Å²) < 4.78 is 0. The second-order valence-electron chi connectivity index (χ2n) is 3.11. The number of thioether (sulfide) groups is 1. The average molecular weight is 227 g/mol. The van der Waals surface area contributed by atoms with Gasteiger partial charge in [0.1, 0.15) is 6.07 Å². The van der Waals surface area contributed by atoms with Gasteiger partial charge in [0, 0.05) is 16.7 Å². The molecule has 16 heavy (non-hydrogen) atoms. The van der Waals surface area contributed by atoms with Gasteiger partial charge in [-0.15, -0.1) is 11.8 Å². The Morgan fingerprint density at radius 3 is 2.56 bits per heavy atom. The Bertz CT molecular complexity index is 529. The minimum atomic E-state index is 0.200. The van der Waals surface area contributed by atoms with E-state index >= 15 is 0 Å². The van der Waals surface area contributed by atoms with Gasteiger partial charge in [-0.1, -0.05) is 12.1 Å². The van der Waals surface area contributed by atoms with Crippen molar-refractivity contribution in [1.82, 2.24) is 9.97 Å². The van der Waals surface area contributed by atoms with E-state index in [1.165, 1.54) is 4.90 Å². The van der Waals surface area contributed by atoms with Crippen molar-refractivity contribution in [2.45, 2.75) is 4.90 Å². The molecule has 0 fully saturated rings. The number of hydrogen-bond donors (Lipinski definition) is 0. The fourth-order valence-corrected chi connectivity index (χ4v) is 1.74. The molecule has 1 aromatic heterocycles. The van der Waals surface area contributed by atoms with Crippen LogP contribution in [0.3, 0.4) is 0 Å². The molecule has 0 aliphatic heterocycles. The largest absolute Gasteiger partial charge is 0.232 e. The van der Waals surface area contributed by atoms with Crippen LogP contribution in [0.5, 0.6) is 0 Å². The highest BCUT2D eigenvalue weighted by molar-refractivity contribution is 7.98. The van der Waals surface area contributed by atoms with Crippen LogP contribution in [-0.4, -0.2) is 16.2 Å². The van der Waals surface area contributed by atoms with Crippen molar-refractivity contribution in [2.24, 2.45) is 0 Å². The maximum absolute atomic E-state index is 8.71. The highest BCUT2D eigenvalue weighted by Crippen LogP contribution is 2.21. The molecule has 0 aliphatic rings. The van der Waals surface area contributed by atoms with Crippen molar-refractivity contribution < 1.29 is 0 Å². The summed E-state index contributed by atoms with van der Waals surface area (Å²) in [5.41, 5.74) is 1.77. The van der Waals surface area contributed by atoms with Crippen molar-refractivity contribution in [3.05, 3.63) is 42.4 Å². The van der Waals surface area contributed by atoms with Crippen molar-refractivity contribution in [1.29, 1.82) is 5.26 Å². The highest BCUT2D eigenvalue weighted by Gasteiger charge is 2.01. The fourth-order valence-electron chi connectivity index (χ4n) is 1.34. The normalized spacial score (nSPS) is 9.75. The first-order valence-corrected chi connectivity index (χ1v) is 5.93. The van der Waals surface area contributed by atoms with Gasteiger partial charge in [0.15, 0.2) is 0 Å². The van der Waals surface area contributed by atoms with Crippen molar-refractivity contribution >= 4 is 11.8 Å². The minimum absolute atomic E-state index is 0.200. The van der Waals surface area contributed by atoms with Gasteiger partial charge in [0.25, 0.3) is 0 Å². The Labute approximate surface area is 98.2 Å². The number of aromatic nitrogens is 2. The Balaban J connectivity index is 2.39. The standard InChI is InChI=1S/C12H9N3S/c1-16-10-4-2-9(3-5-10)11-6-7-14-12(8-13)15-11/h2-7H,1H3. The molecule has 0 bridgehead atoms. The molecule has 2 rings (SSSR count). The maximum Gasteiger partial charge on any atom is 0.232 e. The molecule has 1 heterocycles. The van der Waals surface area contributed by atoms with Gasteiger partial charge >= 0.3 is 0 Å². The van der Waals surface area contributed by atoms with Crippen LogP contribution >= 0.6 is 11.8 Å². The van der Waals surface area contributed by atoms with E-state index in [1.54, 1.807) is 24.0 Å². The van der Waals surface area contributed by atoms with Gasteiger partial charge in [0.05, 0.1) is 5.69 Å². The Kier molecular flexibility index (Phi) is 3.18. The van der Waals surface area contributed by atoms with Crippen LogP contribution in [-0.2, 0) is 0 Å². The number of benzene rings is 1. The van der Waals surface area contributed by atoms with Crippen molar-refractivity contribution in [2.75, 3.05) is 6.26 Å². The molecular weight excluding hydrogens is 218 g/mol. The molecule has 3 nitrogen and oxygen atoms in total. The van der Waals surface area contributed by atoms with E-state index in [9.17, 15) is 0 Å². The molecule has 0 saturated carbocycles. The second kappa shape index (κ2) is 4.77. The molecule has 0 N–H and O–H groups in total. The van der Waals surface area contributed by atoms with Gasteiger partial charge in [0.2, 0.25) is 5.82 Å². The van der Waals surface area contributed by atoms with Gasteiger partial charge in [-0.25, -0.2) is 9.97 Å². The molecule has 78 valence electrons. The smallest absolute Gasteiger partial charge is 0.227 e. The van der Waals surface area contributed by atoms with E-state index in [-0.39, 0.29) is 5.82 Å². The Morgan fingerprint density at radius 1 is 1.19 bits per heavy atom. The van der Waals surface area contributed by atoms with E-state index in [4.69, 9.17) is 5.26 Å². The quantitative estimate of drug-likeness (QED) is 0.740. The first kappa shape index (κ1) is 10.7. The van der Waals surface area contributed by atoms with Crippen molar-refractivity contribution in [3.8, 4) is 17.3 Å². The van der Waals surface area contributed by atoms with Crippen LogP contribution in [0, 0.1) is 11.3 Å². The summed E-state index contributed by atoms with van der Waals surface area (Å²) in [7, 11) is 0. The van der Waals surface area contributed by atoms with Gasteiger partial charge in [-0.05, 0) is 24.5 Å². The first-order valence-electron chi connectivity index (χ1n) is 4.71. The third-order valence-electron chi connectivity index (χ3n) is 2.14. The van der Waals surface area contributed by atoms with Gasteiger partial charge < -0.3 is 0 Å². The van der Waals surface area contributed by atoms with E-state index in [2.05, 4.69) is 9.97 Å². The predicted octanol–water partition coefficient (Wildman–Crippen LogP) is 2.74. The number of hydrogen-bond acceptors (Lipinski definition) is 4. The van der Waals surface area contributed by atoms with Crippen LogP contribution in [0.25, 0.3) is 11.3 Å². The molecule has 0 saturated heterocycles. The summed E-state index contributed by atoms with van der Waals surface area (Å²) in [4.78, 5) is 9.19. The zero-order valence-electron chi connectivity index (χ0n) is 8.71. The zero-order chi connectivity index (χ0) is 11.4. The fraction of sp³-hybridized carbons (Fsp3) is 0.0833. The summed E-state index contributed by atoms with van der Waals surface area (Å²) in [6.45, 7) is 0. The first-order chi connectivity index (χ1) is 7.83. The third-order valence-corrected chi connectivity index (χ3v) is 2.88. The topological polar surface area (TPSA) is 49.6 Å². The average Bonchev–Trinajstić information content (AvgIpc) is 2.39. The lowest BCUT2D eigenvalue weighted by molar-refractivity contribution is 1.12. The zero-order valence-corrected chi connectivity index (χ0v) is 9.53. The predicted molar refractivity (Wildman–Crippen MR) is 64.0 cm³/mol. The molecule has 0 amide bonds. The Morgan fingerprint density at radius 2 is 1.94 bits per heavy atom.